The fourth-order valence-electron chi connectivity index (χ4n) is 4.30. The summed E-state index contributed by atoms with van der Waals surface area (Å²) in [6, 6.07) is 21.1. The maximum Gasteiger partial charge on any atom is 0.255 e. The molecule has 0 spiro atoms. The second-order valence-electron chi connectivity index (χ2n) is 8.41. The molecule has 1 N–H and O–H groups in total. The molecule has 34 heavy (non-hydrogen) atoms. The Balaban J connectivity index is 1.25. The smallest absolute Gasteiger partial charge is 0.255 e. The van der Waals surface area contributed by atoms with Crippen LogP contribution < -0.4 is 15.0 Å². The number of carbonyl (C=O) groups is 1. The molecule has 1 fully saturated rings. The molecule has 7 nitrogen and oxygen atoms in total. The molecule has 0 atom stereocenters. The van der Waals surface area contributed by atoms with Gasteiger partial charge >= 0.3 is 0 Å². The van der Waals surface area contributed by atoms with Crippen molar-refractivity contribution in [2.75, 3.05) is 42.9 Å². The number of benzene rings is 2. The van der Waals surface area contributed by atoms with E-state index in [1.807, 2.05) is 65.3 Å². The van der Waals surface area contributed by atoms with Crippen LogP contribution in [0.4, 0.5) is 11.4 Å². The van der Waals surface area contributed by atoms with Crippen LogP contribution in [0.25, 0.3) is 5.65 Å². The molecule has 0 saturated carbocycles. The summed E-state index contributed by atoms with van der Waals surface area (Å²) in [5, 5.41) is 3.10. The van der Waals surface area contributed by atoms with E-state index < -0.39 is 0 Å². The van der Waals surface area contributed by atoms with Crippen LogP contribution in [0.3, 0.4) is 0 Å². The number of piperazine rings is 1. The Morgan fingerprint density at radius 2 is 1.82 bits per heavy atom. The number of hydrogen-bond acceptors (Lipinski definition) is 5. The Kier molecular flexibility index (Phi) is 6.44. The minimum Gasteiger partial charge on any atom is -0.487 e. The first-order valence-electron chi connectivity index (χ1n) is 11.7. The fourth-order valence-corrected chi connectivity index (χ4v) is 4.30. The number of imidazole rings is 1. The van der Waals surface area contributed by atoms with Crippen LogP contribution in [-0.2, 0) is 6.61 Å². The molecule has 1 aliphatic heterocycles. The van der Waals surface area contributed by atoms with Gasteiger partial charge in [-0.15, -0.1) is 0 Å². The van der Waals surface area contributed by atoms with Gasteiger partial charge in [0.1, 0.15) is 18.0 Å². The molecule has 5 rings (SSSR count). The lowest BCUT2D eigenvalue weighted by Crippen LogP contribution is -2.46. The average Bonchev–Trinajstić information content (AvgIpc) is 3.31. The van der Waals surface area contributed by atoms with Crippen LogP contribution in [0.1, 0.15) is 23.0 Å². The molecule has 7 heteroatoms. The van der Waals surface area contributed by atoms with Gasteiger partial charge in [0.05, 0.1) is 17.1 Å². The van der Waals surface area contributed by atoms with Gasteiger partial charge in [0, 0.05) is 44.1 Å². The third-order valence-electron chi connectivity index (χ3n) is 6.21. The predicted octanol–water partition coefficient (Wildman–Crippen LogP) is 4.31. The summed E-state index contributed by atoms with van der Waals surface area (Å²) < 4.78 is 7.89. The number of ether oxygens (including phenoxy) is 1. The molecule has 1 saturated heterocycles. The molecule has 3 heterocycles. The molecular formula is C27H29N5O2. The Morgan fingerprint density at radius 1 is 1.00 bits per heavy atom. The number of carbonyl (C=O) groups excluding carboxylic acids is 1. The lowest BCUT2D eigenvalue weighted by Gasteiger charge is -2.36. The van der Waals surface area contributed by atoms with E-state index in [9.17, 15) is 4.79 Å². The Hall–Kier alpha value is -3.84. The first-order chi connectivity index (χ1) is 16.7. The zero-order valence-corrected chi connectivity index (χ0v) is 19.4. The van der Waals surface area contributed by atoms with Gasteiger partial charge < -0.3 is 24.3 Å². The van der Waals surface area contributed by atoms with Gasteiger partial charge in [0.2, 0.25) is 0 Å². The number of nitrogens with zero attached hydrogens (tertiary/aromatic N) is 4. The molecule has 4 aromatic rings. The molecule has 0 unspecified atom stereocenters. The van der Waals surface area contributed by atoms with Gasteiger partial charge in [-0.05, 0) is 49.0 Å². The molecule has 0 bridgehead atoms. The summed E-state index contributed by atoms with van der Waals surface area (Å²) in [5.41, 5.74) is 4.15. The van der Waals surface area contributed by atoms with E-state index in [1.165, 1.54) is 0 Å². The summed E-state index contributed by atoms with van der Waals surface area (Å²) in [5.74, 6) is 0.478. The van der Waals surface area contributed by atoms with Crippen molar-refractivity contribution in [1.29, 1.82) is 0 Å². The number of amides is 1. The number of fused-ring (bicyclic) bond motifs is 1. The highest BCUT2D eigenvalue weighted by molar-refractivity contribution is 6.06. The van der Waals surface area contributed by atoms with Crippen molar-refractivity contribution in [3.05, 3.63) is 90.4 Å². The van der Waals surface area contributed by atoms with Gasteiger partial charge in [-0.25, -0.2) is 4.98 Å². The standard InChI is InChI=1S/C27H29N5O2/c1-2-30-14-16-31(17-15-30)25-11-4-3-10-24(25)29-27(33)21-8-7-9-23(18-21)34-20-22-19-32-13-6-5-12-26(32)28-22/h3-13,18-19H,2,14-17,20H2,1H3,(H,29,33). The zero-order valence-electron chi connectivity index (χ0n) is 19.4. The van der Waals surface area contributed by atoms with Crippen molar-refractivity contribution in [1.82, 2.24) is 14.3 Å². The van der Waals surface area contributed by atoms with E-state index in [2.05, 4.69) is 33.1 Å². The van der Waals surface area contributed by atoms with E-state index in [4.69, 9.17) is 4.74 Å². The summed E-state index contributed by atoms with van der Waals surface area (Å²) in [7, 11) is 0. The maximum absolute atomic E-state index is 13.1. The van der Waals surface area contributed by atoms with Crippen molar-refractivity contribution >= 4 is 22.9 Å². The van der Waals surface area contributed by atoms with E-state index in [0.29, 0.717) is 17.9 Å². The lowest BCUT2D eigenvalue weighted by atomic mass is 10.1. The minimum atomic E-state index is -0.155. The summed E-state index contributed by atoms with van der Waals surface area (Å²) in [6.07, 6.45) is 3.90. The molecule has 174 valence electrons. The second-order valence-corrected chi connectivity index (χ2v) is 8.41. The number of aromatic nitrogens is 2. The maximum atomic E-state index is 13.1. The first kappa shape index (κ1) is 22.0. The number of pyridine rings is 1. The average molecular weight is 456 g/mol. The van der Waals surface area contributed by atoms with Crippen LogP contribution >= 0.6 is 0 Å². The molecule has 1 aliphatic rings. The highest BCUT2D eigenvalue weighted by Crippen LogP contribution is 2.27. The van der Waals surface area contributed by atoms with Gasteiger partial charge in [-0.3, -0.25) is 4.79 Å². The zero-order chi connectivity index (χ0) is 23.3. The lowest BCUT2D eigenvalue weighted by molar-refractivity contribution is 0.102. The van der Waals surface area contributed by atoms with Crippen LogP contribution in [-0.4, -0.2) is 52.9 Å². The molecule has 2 aromatic carbocycles. The minimum absolute atomic E-state index is 0.155. The summed E-state index contributed by atoms with van der Waals surface area (Å²) >= 11 is 0. The number of likely N-dealkylation sites (N-methyl/N-ethyl adjacent to an activating group) is 1. The van der Waals surface area contributed by atoms with Crippen molar-refractivity contribution < 1.29 is 9.53 Å². The van der Waals surface area contributed by atoms with Crippen LogP contribution in [0, 0.1) is 0 Å². The number of rotatable bonds is 7. The van der Waals surface area contributed by atoms with Crippen molar-refractivity contribution in [2.45, 2.75) is 13.5 Å². The molecule has 0 aliphatic carbocycles. The molecule has 2 aromatic heterocycles. The number of anilines is 2. The number of nitrogens with one attached hydrogen (secondary N) is 1. The number of hydrogen-bond donors (Lipinski definition) is 1. The summed E-state index contributed by atoms with van der Waals surface area (Å²) in [6.45, 7) is 7.56. The highest BCUT2D eigenvalue weighted by Gasteiger charge is 2.19. The van der Waals surface area contributed by atoms with Crippen molar-refractivity contribution in [3.63, 3.8) is 0 Å². The summed E-state index contributed by atoms with van der Waals surface area (Å²) in [4.78, 5) is 22.4. The van der Waals surface area contributed by atoms with Gasteiger partial charge in [-0.2, -0.15) is 0 Å². The largest absolute Gasteiger partial charge is 0.487 e. The topological polar surface area (TPSA) is 62.1 Å². The molecule has 0 radical (unpaired) electrons. The highest BCUT2D eigenvalue weighted by atomic mass is 16.5. The Bertz CT molecular complexity index is 1240. The van der Waals surface area contributed by atoms with E-state index in [0.717, 1.165) is 55.4 Å². The SMILES string of the molecule is CCN1CCN(c2ccccc2NC(=O)c2cccc(OCc3cn4ccccc4n3)c2)CC1. The van der Waals surface area contributed by atoms with Gasteiger partial charge in [-0.1, -0.05) is 31.2 Å². The third-order valence-corrected chi connectivity index (χ3v) is 6.21. The normalized spacial score (nSPS) is 14.3. The van der Waals surface area contributed by atoms with Gasteiger partial charge in [0.25, 0.3) is 5.91 Å². The Labute approximate surface area is 199 Å². The fraction of sp³-hybridized carbons (Fsp3) is 0.259. The first-order valence-corrected chi connectivity index (χ1v) is 11.7. The van der Waals surface area contributed by atoms with Crippen LogP contribution in [0.15, 0.2) is 79.1 Å². The van der Waals surface area contributed by atoms with E-state index in [1.54, 1.807) is 12.1 Å². The van der Waals surface area contributed by atoms with Gasteiger partial charge in [0.15, 0.2) is 0 Å². The molecular weight excluding hydrogens is 426 g/mol. The third kappa shape index (κ3) is 4.89. The quantitative estimate of drug-likeness (QED) is 0.450. The second kappa shape index (κ2) is 9.97. The van der Waals surface area contributed by atoms with Crippen LogP contribution in [0.5, 0.6) is 5.75 Å². The van der Waals surface area contributed by atoms with Crippen molar-refractivity contribution in [3.8, 4) is 5.75 Å². The van der Waals surface area contributed by atoms with E-state index in [-0.39, 0.29) is 5.91 Å². The predicted molar refractivity (Wildman–Crippen MR) is 135 cm³/mol. The van der Waals surface area contributed by atoms with E-state index >= 15 is 0 Å². The monoisotopic (exact) mass is 455 g/mol. The molecule has 1 amide bonds. The Morgan fingerprint density at radius 3 is 2.65 bits per heavy atom. The van der Waals surface area contributed by atoms with Crippen molar-refractivity contribution in [2.24, 2.45) is 0 Å². The number of para-hydroxylation sites is 2. The van der Waals surface area contributed by atoms with Crippen LogP contribution in [0.2, 0.25) is 0 Å².